The molecule has 0 spiro atoms. The van der Waals surface area contributed by atoms with Crippen molar-refractivity contribution in [3.63, 3.8) is 0 Å². The third kappa shape index (κ3) is 6.79. The molecular weight excluding hydrogens is 469 g/mol. The minimum absolute atomic E-state index is 0.00656. The smallest absolute Gasteiger partial charge is 0.416 e. The van der Waals surface area contributed by atoms with E-state index < -0.39 is 11.7 Å². The second-order valence-corrected chi connectivity index (χ2v) is 9.26. The first-order valence-corrected chi connectivity index (χ1v) is 12.7. The third-order valence-electron chi connectivity index (χ3n) is 5.78. The first-order chi connectivity index (χ1) is 16.8. The number of aliphatic hydroxyl groups is 1. The zero-order valence-corrected chi connectivity index (χ0v) is 20.6. The van der Waals surface area contributed by atoms with Crippen molar-refractivity contribution in [2.75, 3.05) is 5.75 Å². The van der Waals surface area contributed by atoms with E-state index in [1.807, 2.05) is 68.4 Å². The van der Waals surface area contributed by atoms with Gasteiger partial charge in [-0.1, -0.05) is 68.4 Å². The molecule has 0 saturated heterocycles. The number of halogens is 3. The first kappa shape index (κ1) is 26.6. The van der Waals surface area contributed by atoms with E-state index in [2.05, 4.69) is 0 Å². The summed E-state index contributed by atoms with van der Waals surface area (Å²) in [6.45, 7) is 4.00. The van der Waals surface area contributed by atoms with E-state index in [1.54, 1.807) is 0 Å². The number of ketones is 1. The van der Waals surface area contributed by atoms with E-state index in [9.17, 15) is 23.1 Å². The minimum Gasteiger partial charge on any atom is -0.512 e. The molecule has 0 amide bonds. The summed E-state index contributed by atoms with van der Waals surface area (Å²) < 4.78 is 38.1. The van der Waals surface area contributed by atoms with Crippen LogP contribution in [0.2, 0.25) is 0 Å². The molecule has 6 heteroatoms. The maximum absolute atomic E-state index is 13.0. The number of carbonyl (C=O) groups excluding carboxylic acids is 1. The maximum atomic E-state index is 13.0. The molecule has 2 nitrogen and oxygen atoms in total. The standard InChI is InChI=1S/C27H23F3O2S.C2H6/c28-27(29,30)20-10-12-21(13-11-20)33-15-14-18-16-24(31)26(25(32)17-18)23-9-5-4-8-22(23)19-6-2-1-3-7-19;1-2/h1-13,18,31H,14-17H2;1-2H3. The number of carbonyl (C=O) groups is 1. The number of thioether (sulfide) groups is 1. The van der Waals surface area contributed by atoms with Gasteiger partial charge in [-0.25, -0.2) is 0 Å². The molecular formula is C29H29F3O2S. The SMILES string of the molecule is CC.O=C1CC(CCSc2ccc(C(F)(F)F)cc2)CC(O)=C1c1ccccc1-c1ccccc1. The molecule has 1 atom stereocenters. The fourth-order valence-corrected chi connectivity index (χ4v) is 5.15. The largest absolute Gasteiger partial charge is 0.512 e. The normalized spacial score (nSPS) is 16.0. The lowest BCUT2D eigenvalue weighted by Gasteiger charge is -2.24. The number of alkyl halides is 3. The molecule has 1 N–H and O–H groups in total. The van der Waals surface area contributed by atoms with Gasteiger partial charge >= 0.3 is 6.18 Å². The molecule has 1 aliphatic carbocycles. The van der Waals surface area contributed by atoms with Crippen molar-refractivity contribution in [3.8, 4) is 11.1 Å². The summed E-state index contributed by atoms with van der Waals surface area (Å²) in [5, 5.41) is 10.8. The molecule has 0 heterocycles. The Morgan fingerprint density at radius 3 is 2.06 bits per heavy atom. The van der Waals surface area contributed by atoms with Crippen molar-refractivity contribution in [1.82, 2.24) is 0 Å². The predicted molar refractivity (Wildman–Crippen MR) is 137 cm³/mol. The fraction of sp³-hybridized carbons (Fsp3) is 0.276. The van der Waals surface area contributed by atoms with Gasteiger partial charge in [0.2, 0.25) is 0 Å². The zero-order chi connectivity index (χ0) is 25.4. The highest BCUT2D eigenvalue weighted by atomic mass is 32.2. The molecule has 4 rings (SSSR count). The molecule has 1 unspecified atom stereocenters. The molecule has 1 aliphatic rings. The van der Waals surface area contributed by atoms with Crippen LogP contribution in [0.4, 0.5) is 13.2 Å². The summed E-state index contributed by atoms with van der Waals surface area (Å²) in [5.41, 5.74) is 2.36. The molecule has 0 saturated carbocycles. The lowest BCUT2D eigenvalue weighted by molar-refractivity contribution is -0.137. The lowest BCUT2D eigenvalue weighted by atomic mass is 9.81. The Labute approximate surface area is 208 Å². The van der Waals surface area contributed by atoms with Gasteiger partial charge in [-0.3, -0.25) is 4.79 Å². The van der Waals surface area contributed by atoms with Crippen molar-refractivity contribution in [2.24, 2.45) is 5.92 Å². The van der Waals surface area contributed by atoms with Crippen molar-refractivity contribution in [3.05, 3.63) is 95.7 Å². The van der Waals surface area contributed by atoms with Crippen LogP contribution < -0.4 is 0 Å². The second-order valence-electron chi connectivity index (χ2n) is 8.09. The Morgan fingerprint density at radius 1 is 0.857 bits per heavy atom. The van der Waals surface area contributed by atoms with E-state index >= 15 is 0 Å². The Hall–Kier alpha value is -2.99. The Bertz CT molecular complexity index is 1150. The molecule has 0 radical (unpaired) electrons. The molecule has 0 aromatic heterocycles. The quantitative estimate of drug-likeness (QED) is 0.345. The van der Waals surface area contributed by atoms with Gasteiger partial charge in [0, 0.05) is 17.7 Å². The van der Waals surface area contributed by atoms with Crippen LogP contribution in [0.1, 0.15) is 44.2 Å². The highest BCUT2D eigenvalue weighted by Gasteiger charge is 2.31. The minimum atomic E-state index is -4.34. The highest BCUT2D eigenvalue weighted by molar-refractivity contribution is 7.99. The van der Waals surface area contributed by atoms with Gasteiger partial charge < -0.3 is 5.11 Å². The maximum Gasteiger partial charge on any atom is 0.416 e. The first-order valence-electron chi connectivity index (χ1n) is 11.7. The molecule has 0 aliphatic heterocycles. The Balaban J connectivity index is 0.00000167. The van der Waals surface area contributed by atoms with E-state index in [0.717, 1.165) is 33.7 Å². The van der Waals surface area contributed by atoms with Crippen LogP contribution >= 0.6 is 11.8 Å². The predicted octanol–water partition coefficient (Wildman–Crippen LogP) is 8.83. The molecule has 3 aromatic carbocycles. The number of Topliss-reactive ketones (excluding diaryl/α,β-unsaturated/α-hetero) is 1. The number of hydrogen-bond donors (Lipinski definition) is 1. The summed E-state index contributed by atoms with van der Waals surface area (Å²) in [4.78, 5) is 13.8. The molecule has 0 bridgehead atoms. The van der Waals surface area contributed by atoms with Crippen LogP contribution in [0, 0.1) is 5.92 Å². The lowest BCUT2D eigenvalue weighted by Crippen LogP contribution is -2.19. The van der Waals surface area contributed by atoms with Gasteiger partial charge in [0.15, 0.2) is 5.78 Å². The zero-order valence-electron chi connectivity index (χ0n) is 19.8. The topological polar surface area (TPSA) is 37.3 Å². The van der Waals surface area contributed by atoms with Gasteiger partial charge in [0.05, 0.1) is 11.1 Å². The number of allylic oxidation sites excluding steroid dienone is 2. The monoisotopic (exact) mass is 498 g/mol. The van der Waals surface area contributed by atoms with E-state index in [1.165, 1.54) is 23.9 Å². The molecule has 3 aromatic rings. The van der Waals surface area contributed by atoms with Crippen LogP contribution in [-0.2, 0) is 11.0 Å². The highest BCUT2D eigenvalue weighted by Crippen LogP contribution is 2.38. The van der Waals surface area contributed by atoms with Crippen LogP contribution in [0.3, 0.4) is 0 Å². The fourth-order valence-electron chi connectivity index (χ4n) is 4.14. The Kier molecular flexibility index (Phi) is 9.21. The number of benzene rings is 3. The molecule has 184 valence electrons. The van der Waals surface area contributed by atoms with Gasteiger partial charge in [-0.15, -0.1) is 11.8 Å². The van der Waals surface area contributed by atoms with Crippen LogP contribution in [0.25, 0.3) is 16.7 Å². The average molecular weight is 499 g/mol. The van der Waals surface area contributed by atoms with E-state index in [-0.39, 0.29) is 17.5 Å². The van der Waals surface area contributed by atoms with E-state index in [0.29, 0.717) is 30.6 Å². The molecule has 0 fully saturated rings. The van der Waals surface area contributed by atoms with Gasteiger partial charge in [0.25, 0.3) is 0 Å². The number of rotatable bonds is 6. The summed E-state index contributed by atoms with van der Waals surface area (Å²) in [6.07, 6.45) is -2.89. The van der Waals surface area contributed by atoms with Crippen molar-refractivity contribution in [1.29, 1.82) is 0 Å². The third-order valence-corrected chi connectivity index (χ3v) is 6.83. The number of aliphatic hydroxyl groups excluding tert-OH is 1. The Morgan fingerprint density at radius 2 is 1.46 bits per heavy atom. The summed E-state index contributed by atoms with van der Waals surface area (Å²) in [7, 11) is 0. The summed E-state index contributed by atoms with van der Waals surface area (Å²) in [5.74, 6) is 0.699. The van der Waals surface area contributed by atoms with Crippen molar-refractivity contribution >= 4 is 23.1 Å². The van der Waals surface area contributed by atoms with Crippen molar-refractivity contribution < 1.29 is 23.1 Å². The van der Waals surface area contributed by atoms with Gasteiger partial charge in [-0.05, 0) is 59.0 Å². The van der Waals surface area contributed by atoms with Crippen molar-refractivity contribution in [2.45, 2.75) is 44.2 Å². The van der Waals surface area contributed by atoms with Gasteiger partial charge in [-0.2, -0.15) is 13.2 Å². The van der Waals surface area contributed by atoms with Crippen LogP contribution in [0.5, 0.6) is 0 Å². The summed E-state index contributed by atoms with van der Waals surface area (Å²) in [6, 6.07) is 22.5. The average Bonchev–Trinajstić information content (AvgIpc) is 2.85. The van der Waals surface area contributed by atoms with Gasteiger partial charge in [0.1, 0.15) is 5.76 Å². The van der Waals surface area contributed by atoms with E-state index in [4.69, 9.17) is 0 Å². The second kappa shape index (κ2) is 12.1. The number of hydrogen-bond acceptors (Lipinski definition) is 3. The van der Waals surface area contributed by atoms with Crippen LogP contribution in [0.15, 0.2) is 89.5 Å². The summed E-state index contributed by atoms with van der Waals surface area (Å²) >= 11 is 1.46. The molecule has 35 heavy (non-hydrogen) atoms. The van der Waals surface area contributed by atoms with Crippen LogP contribution in [-0.4, -0.2) is 16.6 Å².